The van der Waals surface area contributed by atoms with Crippen molar-refractivity contribution in [1.29, 1.82) is 0 Å². The second-order valence-corrected chi connectivity index (χ2v) is 6.55. The van der Waals surface area contributed by atoms with Crippen LogP contribution in [0.3, 0.4) is 0 Å². The summed E-state index contributed by atoms with van der Waals surface area (Å²) < 4.78 is 50.9. The van der Waals surface area contributed by atoms with Crippen LogP contribution in [-0.4, -0.2) is 39.5 Å². The van der Waals surface area contributed by atoms with Crippen LogP contribution in [0.25, 0.3) is 11.3 Å². The van der Waals surface area contributed by atoms with E-state index in [1.807, 2.05) is 6.92 Å². The molecule has 0 aromatic carbocycles. The van der Waals surface area contributed by atoms with Crippen LogP contribution in [0.15, 0.2) is 24.7 Å². The maximum absolute atomic E-state index is 13.2. The molecule has 3 heterocycles. The summed E-state index contributed by atoms with van der Waals surface area (Å²) in [5.41, 5.74) is 2.50. The number of hydrogen-bond acceptors (Lipinski definition) is 5. The number of aromatic nitrogens is 3. The van der Waals surface area contributed by atoms with Crippen LogP contribution in [0.5, 0.6) is 0 Å². The topological polar surface area (TPSA) is 67.8 Å². The minimum Gasteiger partial charge on any atom is -0.304 e. The molecular weight excluding hydrogens is 364 g/mol. The average molecular weight is 382 g/mol. The molecule has 0 amide bonds. The van der Waals surface area contributed by atoms with E-state index in [-0.39, 0.29) is 25.2 Å². The van der Waals surface area contributed by atoms with E-state index in [0.29, 0.717) is 17.7 Å². The maximum atomic E-state index is 13.2. The fourth-order valence-corrected chi connectivity index (χ4v) is 2.97. The van der Waals surface area contributed by atoms with Crippen LogP contribution in [-0.2, 0) is 17.4 Å². The number of alkyl halides is 4. The summed E-state index contributed by atoms with van der Waals surface area (Å²) in [6, 6.07) is 1.26. The third-order valence-electron chi connectivity index (χ3n) is 4.52. The van der Waals surface area contributed by atoms with E-state index in [1.165, 1.54) is 0 Å². The lowest BCUT2D eigenvalue weighted by Gasteiger charge is -2.11. The molecule has 0 spiro atoms. The van der Waals surface area contributed by atoms with Gasteiger partial charge < -0.3 is 5.32 Å². The van der Waals surface area contributed by atoms with Crippen molar-refractivity contribution in [3.8, 4) is 11.3 Å². The number of aryl methyl sites for hydroxylation is 2. The molecule has 1 fully saturated rings. The standard InChI is InChI=1S/C18H18F4N4O/c1-10-6-23-14(12-7-25-17(26-8-12)18(20,21)22)4-11(10)2-3-16(27)15-5-13(19)9-24-15/h4,6-8,13,15,24H,2-3,5,9H2,1H3/t13-,15+/m1/s1. The third-order valence-corrected chi connectivity index (χ3v) is 4.52. The van der Waals surface area contributed by atoms with Crippen molar-refractivity contribution in [2.45, 2.75) is 44.6 Å². The van der Waals surface area contributed by atoms with Crippen LogP contribution in [0.2, 0.25) is 0 Å². The van der Waals surface area contributed by atoms with Crippen LogP contribution in [0.1, 0.15) is 29.8 Å². The summed E-state index contributed by atoms with van der Waals surface area (Å²) in [4.78, 5) is 23.1. The fraction of sp³-hybridized carbons (Fsp3) is 0.444. The Morgan fingerprint density at radius 1 is 1.22 bits per heavy atom. The van der Waals surface area contributed by atoms with Gasteiger partial charge in [-0.15, -0.1) is 0 Å². The molecule has 0 bridgehead atoms. The van der Waals surface area contributed by atoms with Crippen molar-refractivity contribution in [2.75, 3.05) is 6.54 Å². The zero-order chi connectivity index (χ0) is 19.6. The molecule has 2 aromatic heterocycles. The van der Waals surface area contributed by atoms with Gasteiger partial charge in [0.15, 0.2) is 0 Å². The molecule has 2 atom stereocenters. The molecule has 3 rings (SSSR count). The zero-order valence-corrected chi connectivity index (χ0v) is 14.6. The molecule has 144 valence electrons. The Morgan fingerprint density at radius 2 is 1.93 bits per heavy atom. The number of Topliss-reactive ketones (excluding diaryl/α,β-unsaturated/α-hetero) is 1. The zero-order valence-electron chi connectivity index (χ0n) is 14.6. The predicted molar refractivity (Wildman–Crippen MR) is 89.6 cm³/mol. The number of carbonyl (C=O) groups is 1. The number of nitrogens with one attached hydrogen (secondary N) is 1. The second-order valence-electron chi connectivity index (χ2n) is 6.55. The van der Waals surface area contributed by atoms with E-state index >= 15 is 0 Å². The van der Waals surface area contributed by atoms with Crippen LogP contribution >= 0.6 is 0 Å². The highest BCUT2D eigenvalue weighted by molar-refractivity contribution is 5.84. The molecule has 2 aromatic rings. The Bertz CT molecular complexity index is 823. The number of hydrogen-bond donors (Lipinski definition) is 1. The van der Waals surface area contributed by atoms with Gasteiger partial charge in [0.05, 0.1) is 11.7 Å². The van der Waals surface area contributed by atoms with Crippen molar-refractivity contribution in [1.82, 2.24) is 20.3 Å². The van der Waals surface area contributed by atoms with Gasteiger partial charge in [0.1, 0.15) is 12.0 Å². The van der Waals surface area contributed by atoms with Crippen LogP contribution in [0.4, 0.5) is 17.6 Å². The van der Waals surface area contributed by atoms with Gasteiger partial charge in [-0.3, -0.25) is 9.78 Å². The number of nitrogens with zero attached hydrogens (tertiary/aromatic N) is 3. The minimum absolute atomic E-state index is 0.0502. The van der Waals surface area contributed by atoms with Crippen molar-refractivity contribution < 1.29 is 22.4 Å². The highest BCUT2D eigenvalue weighted by Gasteiger charge is 2.34. The van der Waals surface area contributed by atoms with Gasteiger partial charge in [-0.25, -0.2) is 14.4 Å². The molecule has 5 nitrogen and oxygen atoms in total. The maximum Gasteiger partial charge on any atom is 0.451 e. The van der Waals surface area contributed by atoms with Crippen molar-refractivity contribution in [2.24, 2.45) is 0 Å². The van der Waals surface area contributed by atoms with E-state index in [2.05, 4.69) is 20.3 Å². The first-order chi connectivity index (χ1) is 12.7. The Kier molecular flexibility index (Phi) is 5.50. The molecule has 0 aliphatic carbocycles. The summed E-state index contributed by atoms with van der Waals surface area (Å²) >= 11 is 0. The van der Waals surface area contributed by atoms with Crippen LogP contribution in [0, 0.1) is 6.92 Å². The van der Waals surface area contributed by atoms with E-state index in [1.54, 1.807) is 12.3 Å². The summed E-state index contributed by atoms with van der Waals surface area (Å²) in [5.74, 6) is -1.26. The van der Waals surface area contributed by atoms with E-state index < -0.39 is 24.2 Å². The predicted octanol–water partition coefficient (Wildman–Crippen LogP) is 3.07. The summed E-state index contributed by atoms with van der Waals surface area (Å²) in [6.07, 6.45) is -0.959. The largest absolute Gasteiger partial charge is 0.451 e. The SMILES string of the molecule is Cc1cnc(-c2cnc(C(F)(F)F)nc2)cc1CCC(=O)[C@@H]1C[C@@H](F)CN1. The lowest BCUT2D eigenvalue weighted by Crippen LogP contribution is -2.30. The summed E-state index contributed by atoms with van der Waals surface area (Å²) in [6.45, 7) is 2.04. The quantitative estimate of drug-likeness (QED) is 0.805. The summed E-state index contributed by atoms with van der Waals surface area (Å²) in [7, 11) is 0. The molecule has 27 heavy (non-hydrogen) atoms. The van der Waals surface area contributed by atoms with Gasteiger partial charge in [-0.1, -0.05) is 0 Å². The van der Waals surface area contributed by atoms with Gasteiger partial charge in [0.25, 0.3) is 0 Å². The molecule has 1 aliphatic heterocycles. The van der Waals surface area contributed by atoms with E-state index in [4.69, 9.17) is 0 Å². The molecule has 0 saturated carbocycles. The van der Waals surface area contributed by atoms with Crippen molar-refractivity contribution >= 4 is 5.78 Å². The van der Waals surface area contributed by atoms with Gasteiger partial charge in [0, 0.05) is 43.5 Å². The number of carbonyl (C=O) groups excluding carboxylic acids is 1. The smallest absolute Gasteiger partial charge is 0.304 e. The van der Waals surface area contributed by atoms with E-state index in [9.17, 15) is 22.4 Å². The van der Waals surface area contributed by atoms with Gasteiger partial charge in [-0.2, -0.15) is 13.2 Å². The highest BCUT2D eigenvalue weighted by atomic mass is 19.4. The number of rotatable bonds is 5. The first-order valence-corrected chi connectivity index (χ1v) is 8.49. The lowest BCUT2D eigenvalue weighted by molar-refractivity contribution is -0.145. The first-order valence-electron chi connectivity index (χ1n) is 8.49. The highest BCUT2D eigenvalue weighted by Crippen LogP contribution is 2.27. The second kappa shape index (κ2) is 7.67. The molecule has 0 unspecified atom stereocenters. The number of halogens is 4. The molecule has 0 radical (unpaired) electrons. The Balaban J connectivity index is 1.71. The van der Waals surface area contributed by atoms with Gasteiger partial charge in [0.2, 0.25) is 5.82 Å². The Morgan fingerprint density at radius 3 is 2.52 bits per heavy atom. The normalized spacial score (nSPS) is 20.0. The monoisotopic (exact) mass is 382 g/mol. The molecular formula is C18H18F4N4O. The lowest BCUT2D eigenvalue weighted by atomic mass is 9.99. The molecule has 9 heteroatoms. The van der Waals surface area contributed by atoms with E-state index in [0.717, 1.165) is 23.5 Å². The van der Waals surface area contributed by atoms with Gasteiger partial charge >= 0.3 is 6.18 Å². The summed E-state index contributed by atoms with van der Waals surface area (Å²) in [5, 5.41) is 2.87. The first kappa shape index (κ1) is 19.3. The fourth-order valence-electron chi connectivity index (χ4n) is 2.97. The van der Waals surface area contributed by atoms with Crippen molar-refractivity contribution in [3.05, 3.63) is 41.6 Å². The molecule has 1 N–H and O–H groups in total. The van der Waals surface area contributed by atoms with Crippen LogP contribution < -0.4 is 5.32 Å². The molecule has 1 aliphatic rings. The third kappa shape index (κ3) is 4.65. The molecule has 1 saturated heterocycles. The number of pyridine rings is 1. The van der Waals surface area contributed by atoms with Crippen molar-refractivity contribution in [3.63, 3.8) is 0 Å². The number of ketones is 1. The average Bonchev–Trinajstić information content (AvgIpc) is 3.07. The minimum atomic E-state index is -4.60. The Hall–Kier alpha value is -2.42. The van der Waals surface area contributed by atoms with Gasteiger partial charge in [-0.05, 0) is 30.5 Å². The Labute approximate surface area is 153 Å².